The molecule has 17 heavy (non-hydrogen) atoms. The Bertz CT molecular complexity index is 603. The van der Waals surface area contributed by atoms with E-state index in [1.807, 2.05) is 19.1 Å². The lowest BCUT2D eigenvalue weighted by molar-refractivity contribution is 0.112. The Kier molecular flexibility index (Phi) is 2.75. The van der Waals surface area contributed by atoms with Crippen LogP contribution >= 0.6 is 0 Å². The topological polar surface area (TPSA) is 58.7 Å². The summed E-state index contributed by atoms with van der Waals surface area (Å²) >= 11 is 0. The van der Waals surface area contributed by atoms with Crippen LogP contribution in [0.4, 0.5) is 0 Å². The fourth-order valence-electron chi connectivity index (χ4n) is 1.75. The molecule has 0 radical (unpaired) electrons. The Balaban J connectivity index is 2.53. The molecule has 0 spiro atoms. The summed E-state index contributed by atoms with van der Waals surface area (Å²) in [7, 11) is 0. The molecule has 0 bridgehead atoms. The van der Waals surface area contributed by atoms with E-state index in [1.165, 1.54) is 0 Å². The van der Waals surface area contributed by atoms with Gasteiger partial charge in [-0.2, -0.15) is 10.4 Å². The lowest BCUT2D eigenvalue weighted by atomic mass is 10.2. The third-order valence-electron chi connectivity index (χ3n) is 2.71. The van der Waals surface area contributed by atoms with Crippen molar-refractivity contribution in [3.8, 4) is 11.8 Å². The quantitative estimate of drug-likeness (QED) is 0.736. The van der Waals surface area contributed by atoms with Crippen molar-refractivity contribution in [2.45, 2.75) is 13.8 Å². The van der Waals surface area contributed by atoms with Crippen LogP contribution in [0.15, 0.2) is 24.3 Å². The first kappa shape index (κ1) is 11.1. The molecule has 84 valence electrons. The molecule has 2 rings (SSSR count). The van der Waals surface area contributed by atoms with Gasteiger partial charge in [-0.3, -0.25) is 4.79 Å². The first-order valence-electron chi connectivity index (χ1n) is 5.19. The molecular formula is C13H11N3O. The van der Waals surface area contributed by atoms with E-state index in [1.54, 1.807) is 23.7 Å². The molecule has 4 heteroatoms. The molecule has 0 fully saturated rings. The monoisotopic (exact) mass is 225 g/mol. The molecule has 1 aromatic carbocycles. The smallest absolute Gasteiger partial charge is 0.153 e. The van der Waals surface area contributed by atoms with Crippen LogP contribution in [-0.4, -0.2) is 16.1 Å². The van der Waals surface area contributed by atoms with E-state index in [0.717, 1.165) is 17.7 Å². The second kappa shape index (κ2) is 4.22. The number of nitriles is 1. The van der Waals surface area contributed by atoms with Gasteiger partial charge in [0.05, 0.1) is 34.3 Å². The van der Waals surface area contributed by atoms with E-state index < -0.39 is 0 Å². The average molecular weight is 225 g/mol. The van der Waals surface area contributed by atoms with Gasteiger partial charge in [0, 0.05) is 0 Å². The molecule has 0 saturated carbocycles. The van der Waals surface area contributed by atoms with Crippen molar-refractivity contribution in [1.29, 1.82) is 5.26 Å². The van der Waals surface area contributed by atoms with Crippen molar-refractivity contribution in [2.24, 2.45) is 0 Å². The number of nitrogens with zero attached hydrogens (tertiary/aromatic N) is 3. The van der Waals surface area contributed by atoms with Crippen LogP contribution in [0, 0.1) is 25.2 Å². The lowest BCUT2D eigenvalue weighted by Crippen LogP contribution is -1.99. The molecule has 0 atom stereocenters. The van der Waals surface area contributed by atoms with Gasteiger partial charge in [-0.05, 0) is 38.1 Å². The molecule has 1 heterocycles. The number of aromatic nitrogens is 2. The Labute approximate surface area is 99.1 Å². The Morgan fingerprint density at radius 1 is 1.29 bits per heavy atom. The normalized spacial score (nSPS) is 9.94. The number of aldehydes is 1. The van der Waals surface area contributed by atoms with Gasteiger partial charge >= 0.3 is 0 Å². The van der Waals surface area contributed by atoms with Crippen molar-refractivity contribution in [3.05, 3.63) is 46.8 Å². The van der Waals surface area contributed by atoms with E-state index in [9.17, 15) is 4.79 Å². The Morgan fingerprint density at radius 3 is 2.41 bits per heavy atom. The van der Waals surface area contributed by atoms with Gasteiger partial charge < -0.3 is 0 Å². The van der Waals surface area contributed by atoms with Crippen LogP contribution in [0.2, 0.25) is 0 Å². The Morgan fingerprint density at radius 2 is 1.94 bits per heavy atom. The summed E-state index contributed by atoms with van der Waals surface area (Å²) in [5.74, 6) is 0. The Hall–Kier alpha value is -2.41. The zero-order valence-corrected chi connectivity index (χ0v) is 9.64. The summed E-state index contributed by atoms with van der Waals surface area (Å²) in [6.07, 6.45) is 0.817. The third-order valence-corrected chi connectivity index (χ3v) is 2.71. The van der Waals surface area contributed by atoms with E-state index >= 15 is 0 Å². The standard InChI is InChI=1S/C13H11N3O/c1-9-13(8-17)10(2)16(15-9)12-5-3-11(7-14)4-6-12/h3-6,8H,1-2H3. The summed E-state index contributed by atoms with van der Waals surface area (Å²) in [4.78, 5) is 10.9. The molecular weight excluding hydrogens is 214 g/mol. The summed E-state index contributed by atoms with van der Waals surface area (Å²) in [5, 5.41) is 13.0. The highest BCUT2D eigenvalue weighted by molar-refractivity contribution is 5.78. The maximum Gasteiger partial charge on any atom is 0.153 e. The van der Waals surface area contributed by atoms with Crippen LogP contribution in [0.1, 0.15) is 27.3 Å². The molecule has 0 N–H and O–H groups in total. The number of carbonyl (C=O) groups excluding carboxylic acids is 1. The summed E-state index contributed by atoms with van der Waals surface area (Å²) in [5.41, 5.74) is 3.59. The molecule has 1 aromatic heterocycles. The van der Waals surface area contributed by atoms with Crippen molar-refractivity contribution in [2.75, 3.05) is 0 Å². The predicted molar refractivity (Wildman–Crippen MR) is 63.1 cm³/mol. The number of hydrogen-bond donors (Lipinski definition) is 0. The zero-order chi connectivity index (χ0) is 12.4. The van der Waals surface area contributed by atoms with E-state index in [-0.39, 0.29) is 0 Å². The van der Waals surface area contributed by atoms with Crippen LogP contribution in [0.5, 0.6) is 0 Å². The van der Waals surface area contributed by atoms with Crippen LogP contribution < -0.4 is 0 Å². The predicted octanol–water partition coefficient (Wildman–Crippen LogP) is 2.17. The third kappa shape index (κ3) is 1.83. The first-order valence-corrected chi connectivity index (χ1v) is 5.19. The number of hydrogen-bond acceptors (Lipinski definition) is 3. The minimum Gasteiger partial charge on any atom is -0.298 e. The SMILES string of the molecule is Cc1nn(-c2ccc(C#N)cc2)c(C)c1C=O. The molecule has 0 amide bonds. The van der Waals surface area contributed by atoms with Crippen molar-refractivity contribution >= 4 is 6.29 Å². The zero-order valence-electron chi connectivity index (χ0n) is 9.64. The summed E-state index contributed by atoms with van der Waals surface area (Å²) in [6, 6.07) is 9.14. The highest BCUT2D eigenvalue weighted by atomic mass is 16.1. The fourth-order valence-corrected chi connectivity index (χ4v) is 1.75. The van der Waals surface area contributed by atoms with Gasteiger partial charge in [-0.15, -0.1) is 0 Å². The minimum absolute atomic E-state index is 0.603. The van der Waals surface area contributed by atoms with Gasteiger partial charge in [0.1, 0.15) is 0 Å². The molecule has 0 saturated heterocycles. The van der Waals surface area contributed by atoms with Gasteiger partial charge in [0.2, 0.25) is 0 Å². The maximum atomic E-state index is 10.9. The maximum absolute atomic E-state index is 10.9. The number of aryl methyl sites for hydroxylation is 1. The van der Waals surface area contributed by atoms with Gasteiger partial charge in [0.25, 0.3) is 0 Å². The summed E-state index contributed by atoms with van der Waals surface area (Å²) in [6.45, 7) is 3.65. The number of rotatable bonds is 2. The molecule has 2 aromatic rings. The molecule has 0 aliphatic heterocycles. The average Bonchev–Trinajstić information content (AvgIpc) is 2.64. The van der Waals surface area contributed by atoms with Crippen LogP contribution in [0.3, 0.4) is 0 Å². The van der Waals surface area contributed by atoms with Crippen molar-refractivity contribution < 1.29 is 4.79 Å². The van der Waals surface area contributed by atoms with Crippen LogP contribution in [0.25, 0.3) is 5.69 Å². The largest absolute Gasteiger partial charge is 0.298 e. The molecule has 4 nitrogen and oxygen atoms in total. The molecule has 0 aliphatic carbocycles. The van der Waals surface area contributed by atoms with Gasteiger partial charge in [-0.1, -0.05) is 0 Å². The van der Waals surface area contributed by atoms with Gasteiger partial charge in [0.15, 0.2) is 6.29 Å². The second-order valence-electron chi connectivity index (χ2n) is 3.77. The van der Waals surface area contributed by atoms with E-state index in [0.29, 0.717) is 16.8 Å². The highest BCUT2D eigenvalue weighted by Gasteiger charge is 2.11. The van der Waals surface area contributed by atoms with Gasteiger partial charge in [-0.25, -0.2) is 4.68 Å². The first-order chi connectivity index (χ1) is 8.17. The second-order valence-corrected chi connectivity index (χ2v) is 3.77. The minimum atomic E-state index is 0.603. The van der Waals surface area contributed by atoms with Crippen molar-refractivity contribution in [1.82, 2.24) is 9.78 Å². The number of carbonyl (C=O) groups is 1. The van der Waals surface area contributed by atoms with Crippen LogP contribution in [-0.2, 0) is 0 Å². The van der Waals surface area contributed by atoms with E-state index in [4.69, 9.17) is 5.26 Å². The molecule has 0 aliphatic rings. The van der Waals surface area contributed by atoms with E-state index in [2.05, 4.69) is 11.2 Å². The molecule has 0 unspecified atom stereocenters. The summed E-state index contributed by atoms with van der Waals surface area (Å²) < 4.78 is 1.71. The highest BCUT2D eigenvalue weighted by Crippen LogP contribution is 2.16. The fraction of sp³-hybridized carbons (Fsp3) is 0.154. The van der Waals surface area contributed by atoms with Crippen molar-refractivity contribution in [3.63, 3.8) is 0 Å². The number of benzene rings is 1. The lowest BCUT2D eigenvalue weighted by Gasteiger charge is -2.03.